The number of amides is 2. The lowest BCUT2D eigenvalue weighted by Crippen LogP contribution is -2.24. The van der Waals surface area contributed by atoms with Gasteiger partial charge in [-0.15, -0.1) is 0 Å². The molecule has 0 atom stereocenters. The number of nitriles is 1. The Morgan fingerprint density at radius 1 is 1.29 bits per heavy atom. The summed E-state index contributed by atoms with van der Waals surface area (Å²) in [5.41, 5.74) is 5.28. The number of nitrogens with one attached hydrogen (secondary N) is 3. The quantitative estimate of drug-likeness (QED) is 0.504. The lowest BCUT2D eigenvalue weighted by atomic mass is 10.0. The van der Waals surface area contributed by atoms with Gasteiger partial charge >= 0.3 is 6.03 Å². The van der Waals surface area contributed by atoms with Crippen LogP contribution in [0.2, 0.25) is 0 Å². The molecule has 0 aliphatic carbocycles. The Labute approximate surface area is 121 Å². The minimum atomic E-state index is -0.298. The molecule has 0 spiro atoms. The maximum atomic E-state index is 11.2. The maximum absolute atomic E-state index is 11.2. The number of hydrazine groups is 1. The average Bonchev–Trinajstić information content (AvgIpc) is 2.54. The van der Waals surface area contributed by atoms with Crippen molar-refractivity contribution in [3.8, 4) is 17.3 Å². The molecule has 106 valence electrons. The van der Waals surface area contributed by atoms with E-state index in [1.165, 1.54) is 7.05 Å². The van der Waals surface area contributed by atoms with Gasteiger partial charge in [0.2, 0.25) is 0 Å². The van der Waals surface area contributed by atoms with Crippen LogP contribution in [0.3, 0.4) is 0 Å². The van der Waals surface area contributed by atoms with E-state index >= 15 is 0 Å². The second kappa shape index (κ2) is 6.36. The van der Waals surface area contributed by atoms with Gasteiger partial charge in [-0.1, -0.05) is 12.1 Å². The number of nitrogens with zero attached hydrogens (tertiary/aromatic N) is 2. The van der Waals surface area contributed by atoms with Crippen LogP contribution >= 0.6 is 0 Å². The topological polar surface area (TPSA) is 116 Å². The number of urea groups is 1. The second-order valence-corrected chi connectivity index (χ2v) is 4.12. The van der Waals surface area contributed by atoms with Gasteiger partial charge in [0.25, 0.3) is 0 Å². The van der Waals surface area contributed by atoms with Gasteiger partial charge in [-0.3, -0.25) is 10.8 Å². The van der Waals surface area contributed by atoms with Gasteiger partial charge in [-0.25, -0.2) is 4.79 Å². The van der Waals surface area contributed by atoms with Crippen molar-refractivity contribution in [1.29, 1.82) is 5.26 Å². The smallest absolute Gasteiger partial charge is 0.318 e. The fourth-order valence-corrected chi connectivity index (χ4v) is 1.82. The largest absolute Gasteiger partial charge is 0.341 e. The summed E-state index contributed by atoms with van der Waals surface area (Å²) in [5, 5.41) is 14.4. The number of hydrogen-bond acceptors (Lipinski definition) is 5. The molecule has 0 bridgehead atoms. The summed E-state index contributed by atoms with van der Waals surface area (Å²) in [7, 11) is 1.54. The number of pyridine rings is 1. The summed E-state index contributed by atoms with van der Waals surface area (Å²) < 4.78 is 0. The highest BCUT2D eigenvalue weighted by atomic mass is 16.2. The van der Waals surface area contributed by atoms with E-state index in [1.54, 1.807) is 36.5 Å². The van der Waals surface area contributed by atoms with Crippen LogP contribution < -0.4 is 21.9 Å². The molecule has 1 heterocycles. The SMILES string of the molecule is CNC(=O)Nc1ccc(-c2nccc(NN)c2C#N)cc1. The van der Waals surface area contributed by atoms with Gasteiger partial charge in [0.15, 0.2) is 0 Å². The second-order valence-electron chi connectivity index (χ2n) is 4.12. The number of hydrogen-bond donors (Lipinski definition) is 4. The fraction of sp³-hybridized carbons (Fsp3) is 0.0714. The van der Waals surface area contributed by atoms with Crippen molar-refractivity contribution in [2.45, 2.75) is 0 Å². The first-order valence-electron chi connectivity index (χ1n) is 6.14. The molecule has 1 aromatic carbocycles. The molecule has 0 fully saturated rings. The molecule has 0 saturated carbocycles. The summed E-state index contributed by atoms with van der Waals surface area (Å²) in [5.74, 6) is 5.38. The van der Waals surface area contributed by atoms with E-state index in [0.717, 1.165) is 5.56 Å². The molecule has 5 N–H and O–H groups in total. The third kappa shape index (κ3) is 3.08. The van der Waals surface area contributed by atoms with Crippen molar-refractivity contribution in [1.82, 2.24) is 10.3 Å². The van der Waals surface area contributed by atoms with Gasteiger partial charge in [0, 0.05) is 24.5 Å². The van der Waals surface area contributed by atoms with E-state index in [2.05, 4.69) is 27.1 Å². The highest BCUT2D eigenvalue weighted by Gasteiger charge is 2.11. The number of nitrogen functional groups attached to an aromatic ring is 1. The van der Waals surface area contributed by atoms with E-state index in [0.29, 0.717) is 22.6 Å². The number of carbonyl (C=O) groups is 1. The van der Waals surface area contributed by atoms with E-state index in [1.807, 2.05) is 0 Å². The number of carbonyl (C=O) groups excluding carboxylic acids is 1. The van der Waals surface area contributed by atoms with Crippen molar-refractivity contribution < 1.29 is 4.79 Å². The Balaban J connectivity index is 2.35. The lowest BCUT2D eigenvalue weighted by molar-refractivity contribution is 0.254. The predicted octanol–water partition coefficient (Wildman–Crippen LogP) is 1.66. The van der Waals surface area contributed by atoms with E-state index in [4.69, 9.17) is 5.84 Å². The fourth-order valence-electron chi connectivity index (χ4n) is 1.82. The summed E-state index contributed by atoms with van der Waals surface area (Å²) in [6.07, 6.45) is 1.57. The van der Waals surface area contributed by atoms with Crippen LogP contribution in [0.25, 0.3) is 11.3 Å². The summed E-state index contributed by atoms with van der Waals surface area (Å²) in [6, 6.07) is 10.4. The Morgan fingerprint density at radius 3 is 2.57 bits per heavy atom. The third-order valence-corrected chi connectivity index (χ3v) is 2.86. The van der Waals surface area contributed by atoms with E-state index < -0.39 is 0 Å². The molecular formula is C14H14N6O. The molecule has 7 heteroatoms. The molecule has 0 aliphatic heterocycles. The van der Waals surface area contributed by atoms with Crippen LogP contribution in [0.15, 0.2) is 36.5 Å². The van der Waals surface area contributed by atoms with Crippen LogP contribution in [0, 0.1) is 11.3 Å². The monoisotopic (exact) mass is 282 g/mol. The van der Waals surface area contributed by atoms with Crippen molar-refractivity contribution in [3.63, 3.8) is 0 Å². The van der Waals surface area contributed by atoms with Crippen LogP contribution in [0.1, 0.15) is 5.56 Å². The molecule has 0 unspecified atom stereocenters. The van der Waals surface area contributed by atoms with Crippen LogP contribution in [-0.2, 0) is 0 Å². The Morgan fingerprint density at radius 2 is 2.00 bits per heavy atom. The Bertz CT molecular complexity index is 690. The minimum absolute atomic E-state index is 0.298. The number of anilines is 2. The van der Waals surface area contributed by atoms with Crippen LogP contribution in [-0.4, -0.2) is 18.1 Å². The third-order valence-electron chi connectivity index (χ3n) is 2.86. The van der Waals surface area contributed by atoms with Gasteiger partial charge in [0.05, 0.1) is 11.4 Å². The molecule has 21 heavy (non-hydrogen) atoms. The van der Waals surface area contributed by atoms with Gasteiger partial charge in [-0.2, -0.15) is 5.26 Å². The Hall–Kier alpha value is -3.11. The first kappa shape index (κ1) is 14.3. The maximum Gasteiger partial charge on any atom is 0.318 e. The highest BCUT2D eigenvalue weighted by molar-refractivity contribution is 5.89. The zero-order chi connectivity index (χ0) is 15.2. The normalized spacial score (nSPS) is 9.57. The summed E-state index contributed by atoms with van der Waals surface area (Å²) >= 11 is 0. The molecule has 0 aliphatic rings. The van der Waals surface area contributed by atoms with Gasteiger partial charge < -0.3 is 16.1 Å². The Kier molecular flexibility index (Phi) is 4.33. The zero-order valence-electron chi connectivity index (χ0n) is 11.3. The molecular weight excluding hydrogens is 268 g/mol. The average molecular weight is 282 g/mol. The number of aromatic nitrogens is 1. The molecule has 7 nitrogen and oxygen atoms in total. The molecule has 2 amide bonds. The van der Waals surface area contributed by atoms with Gasteiger partial charge in [0.1, 0.15) is 11.6 Å². The zero-order valence-corrected chi connectivity index (χ0v) is 11.3. The molecule has 2 aromatic rings. The van der Waals surface area contributed by atoms with Crippen molar-refractivity contribution in [3.05, 3.63) is 42.1 Å². The van der Waals surface area contributed by atoms with Crippen molar-refractivity contribution in [2.75, 3.05) is 17.8 Å². The standard InChI is InChI=1S/C14H14N6O/c1-17-14(21)19-10-4-2-9(3-5-10)13-11(8-15)12(20-16)6-7-18-13/h2-7H,16H2,1H3,(H,18,20)(H2,17,19,21). The van der Waals surface area contributed by atoms with Crippen LogP contribution in [0.4, 0.5) is 16.2 Å². The summed E-state index contributed by atoms with van der Waals surface area (Å²) in [4.78, 5) is 15.4. The first-order valence-corrected chi connectivity index (χ1v) is 6.14. The number of benzene rings is 1. The van der Waals surface area contributed by atoms with Crippen LogP contribution in [0.5, 0.6) is 0 Å². The van der Waals surface area contributed by atoms with E-state index in [9.17, 15) is 10.1 Å². The minimum Gasteiger partial charge on any atom is -0.341 e. The molecule has 0 radical (unpaired) electrons. The number of rotatable bonds is 3. The van der Waals surface area contributed by atoms with E-state index in [-0.39, 0.29) is 6.03 Å². The predicted molar refractivity (Wildman–Crippen MR) is 80.3 cm³/mol. The molecule has 1 aromatic heterocycles. The molecule has 2 rings (SSSR count). The van der Waals surface area contributed by atoms with Gasteiger partial charge in [-0.05, 0) is 18.2 Å². The first-order chi connectivity index (χ1) is 10.2. The molecule has 0 saturated heterocycles. The number of nitrogens with two attached hydrogens (primary N) is 1. The van der Waals surface area contributed by atoms with Crippen molar-refractivity contribution >= 4 is 17.4 Å². The highest BCUT2D eigenvalue weighted by Crippen LogP contribution is 2.26. The lowest BCUT2D eigenvalue weighted by Gasteiger charge is -2.09. The summed E-state index contributed by atoms with van der Waals surface area (Å²) in [6.45, 7) is 0. The van der Waals surface area contributed by atoms with Crippen molar-refractivity contribution in [2.24, 2.45) is 5.84 Å².